The lowest BCUT2D eigenvalue weighted by Crippen LogP contribution is -2.31. The van der Waals surface area contributed by atoms with Crippen molar-refractivity contribution < 1.29 is 23.7 Å². The van der Waals surface area contributed by atoms with Crippen molar-refractivity contribution in [1.29, 1.82) is 0 Å². The SMILES string of the molecule is Cc1ccc(-c2nc(C(=O)NC(CC(=O)OC(C)C)c3ccccc3[N+](=O)[O-])cs2)o1. The minimum Gasteiger partial charge on any atom is -0.463 e. The minimum absolute atomic E-state index is 0.120. The molecule has 0 aliphatic carbocycles. The number of thiazole rings is 1. The maximum absolute atomic E-state index is 12.8. The second-order valence-electron chi connectivity index (χ2n) is 7.03. The second-order valence-corrected chi connectivity index (χ2v) is 7.89. The summed E-state index contributed by atoms with van der Waals surface area (Å²) < 4.78 is 10.7. The van der Waals surface area contributed by atoms with E-state index in [2.05, 4.69) is 10.3 Å². The molecule has 0 aliphatic heterocycles. The third kappa shape index (κ3) is 5.54. The van der Waals surface area contributed by atoms with E-state index in [1.807, 2.05) is 0 Å². The van der Waals surface area contributed by atoms with Crippen LogP contribution in [0.1, 0.15) is 48.1 Å². The molecule has 0 saturated carbocycles. The number of hydrogen-bond acceptors (Lipinski definition) is 8. The van der Waals surface area contributed by atoms with Crippen LogP contribution in [0.25, 0.3) is 10.8 Å². The van der Waals surface area contributed by atoms with Crippen molar-refractivity contribution in [2.24, 2.45) is 0 Å². The van der Waals surface area contributed by atoms with Crippen molar-refractivity contribution in [3.63, 3.8) is 0 Å². The van der Waals surface area contributed by atoms with Crippen LogP contribution in [0.4, 0.5) is 5.69 Å². The number of hydrogen-bond donors (Lipinski definition) is 1. The number of nitrogens with one attached hydrogen (secondary N) is 1. The van der Waals surface area contributed by atoms with E-state index in [1.165, 1.54) is 29.5 Å². The molecule has 3 rings (SSSR count). The predicted molar refractivity (Wildman–Crippen MR) is 114 cm³/mol. The Bertz CT molecular complexity index is 1100. The molecule has 2 heterocycles. The number of ether oxygens (including phenoxy) is 1. The first-order valence-electron chi connectivity index (χ1n) is 9.50. The van der Waals surface area contributed by atoms with Gasteiger partial charge >= 0.3 is 5.97 Å². The summed E-state index contributed by atoms with van der Waals surface area (Å²) in [6.07, 6.45) is -0.615. The van der Waals surface area contributed by atoms with Gasteiger partial charge < -0.3 is 14.5 Å². The van der Waals surface area contributed by atoms with Crippen molar-refractivity contribution in [1.82, 2.24) is 10.3 Å². The zero-order valence-corrected chi connectivity index (χ0v) is 18.0. The Morgan fingerprint density at radius 1 is 1.26 bits per heavy atom. The van der Waals surface area contributed by atoms with Gasteiger partial charge in [-0.2, -0.15) is 0 Å². The van der Waals surface area contributed by atoms with Gasteiger partial charge in [0.15, 0.2) is 10.8 Å². The van der Waals surface area contributed by atoms with E-state index in [9.17, 15) is 19.7 Å². The average molecular weight is 443 g/mol. The molecule has 162 valence electrons. The summed E-state index contributed by atoms with van der Waals surface area (Å²) in [6, 6.07) is 8.54. The van der Waals surface area contributed by atoms with Gasteiger partial charge in [0.1, 0.15) is 11.5 Å². The Hall–Kier alpha value is -3.53. The molecule has 9 nitrogen and oxygen atoms in total. The second kappa shape index (κ2) is 9.52. The molecule has 0 fully saturated rings. The number of rotatable bonds is 8. The Morgan fingerprint density at radius 3 is 2.65 bits per heavy atom. The van der Waals surface area contributed by atoms with Gasteiger partial charge in [-0.3, -0.25) is 19.7 Å². The fourth-order valence-corrected chi connectivity index (χ4v) is 3.70. The molecular formula is C21H21N3O6S. The Morgan fingerprint density at radius 2 is 2.00 bits per heavy atom. The van der Waals surface area contributed by atoms with Crippen LogP contribution in [0.2, 0.25) is 0 Å². The number of para-hydroxylation sites is 1. The highest BCUT2D eigenvalue weighted by Crippen LogP contribution is 2.29. The zero-order valence-electron chi connectivity index (χ0n) is 17.2. The van der Waals surface area contributed by atoms with Gasteiger partial charge in [0.25, 0.3) is 11.6 Å². The molecule has 1 atom stereocenters. The molecule has 1 amide bonds. The van der Waals surface area contributed by atoms with E-state index in [1.54, 1.807) is 44.4 Å². The van der Waals surface area contributed by atoms with Crippen LogP contribution in [0.3, 0.4) is 0 Å². The van der Waals surface area contributed by atoms with Gasteiger partial charge in [0.2, 0.25) is 0 Å². The van der Waals surface area contributed by atoms with E-state index < -0.39 is 22.8 Å². The van der Waals surface area contributed by atoms with Crippen LogP contribution in [0.15, 0.2) is 46.2 Å². The van der Waals surface area contributed by atoms with Crippen molar-refractivity contribution in [2.45, 2.75) is 39.3 Å². The molecular weight excluding hydrogens is 422 g/mol. The number of esters is 1. The van der Waals surface area contributed by atoms with Gasteiger partial charge in [-0.25, -0.2) is 4.98 Å². The molecule has 0 aliphatic rings. The number of amides is 1. The van der Waals surface area contributed by atoms with Gasteiger partial charge in [0, 0.05) is 11.4 Å². The van der Waals surface area contributed by atoms with Crippen LogP contribution in [0, 0.1) is 17.0 Å². The van der Waals surface area contributed by atoms with Crippen molar-refractivity contribution in [2.75, 3.05) is 0 Å². The number of carbonyl (C=O) groups excluding carboxylic acids is 2. The van der Waals surface area contributed by atoms with Crippen molar-refractivity contribution >= 4 is 28.9 Å². The molecule has 3 aromatic rings. The van der Waals surface area contributed by atoms with E-state index in [4.69, 9.17) is 9.15 Å². The maximum atomic E-state index is 12.8. The van der Waals surface area contributed by atoms with Gasteiger partial charge in [-0.15, -0.1) is 11.3 Å². The third-order valence-electron chi connectivity index (χ3n) is 4.24. The predicted octanol–water partition coefficient (Wildman–Crippen LogP) is 4.43. The molecule has 2 aromatic heterocycles. The number of furan rings is 1. The van der Waals surface area contributed by atoms with Gasteiger partial charge in [0.05, 0.1) is 29.1 Å². The molecule has 31 heavy (non-hydrogen) atoms. The molecule has 10 heteroatoms. The van der Waals surface area contributed by atoms with E-state index in [0.29, 0.717) is 10.8 Å². The summed E-state index contributed by atoms with van der Waals surface area (Å²) in [5, 5.41) is 16.2. The lowest BCUT2D eigenvalue weighted by molar-refractivity contribution is -0.385. The summed E-state index contributed by atoms with van der Waals surface area (Å²) >= 11 is 1.23. The van der Waals surface area contributed by atoms with Crippen molar-refractivity contribution in [3.05, 3.63) is 68.9 Å². The average Bonchev–Trinajstić information content (AvgIpc) is 3.36. The maximum Gasteiger partial charge on any atom is 0.308 e. The van der Waals surface area contributed by atoms with Crippen molar-refractivity contribution in [3.8, 4) is 10.8 Å². The number of nitrogens with zero attached hydrogens (tertiary/aromatic N) is 2. The monoisotopic (exact) mass is 443 g/mol. The molecule has 0 radical (unpaired) electrons. The van der Waals surface area contributed by atoms with E-state index >= 15 is 0 Å². The fourth-order valence-electron chi connectivity index (χ4n) is 2.94. The fraction of sp³-hybridized carbons (Fsp3) is 0.286. The molecule has 1 N–H and O–H groups in total. The van der Waals surface area contributed by atoms with Gasteiger partial charge in [-0.1, -0.05) is 18.2 Å². The largest absolute Gasteiger partial charge is 0.463 e. The number of nitro groups is 1. The smallest absolute Gasteiger partial charge is 0.308 e. The number of aromatic nitrogens is 1. The number of nitro benzene ring substituents is 1. The van der Waals surface area contributed by atoms with Crippen LogP contribution in [0.5, 0.6) is 0 Å². The van der Waals surface area contributed by atoms with Crippen LogP contribution < -0.4 is 5.32 Å². The Kier molecular flexibility index (Phi) is 6.81. The first-order chi connectivity index (χ1) is 14.7. The number of carbonyl (C=O) groups is 2. The topological polar surface area (TPSA) is 125 Å². The minimum atomic E-state index is -0.962. The highest BCUT2D eigenvalue weighted by Gasteiger charge is 2.27. The standard InChI is InChI=1S/C21H21N3O6S/c1-12(2)29-19(25)10-15(14-6-4-5-7-17(14)24(27)28)22-20(26)16-11-31-21(23-16)18-9-8-13(3)30-18/h4-9,11-12,15H,10H2,1-3H3,(H,22,26). The normalized spacial score (nSPS) is 11.9. The summed E-state index contributed by atoms with van der Waals surface area (Å²) in [6.45, 7) is 5.20. The summed E-state index contributed by atoms with van der Waals surface area (Å²) in [4.78, 5) is 40.3. The van der Waals surface area contributed by atoms with Crippen LogP contribution in [-0.2, 0) is 9.53 Å². The van der Waals surface area contributed by atoms with E-state index in [-0.39, 0.29) is 29.5 Å². The van der Waals surface area contributed by atoms with Crippen LogP contribution in [-0.4, -0.2) is 27.9 Å². The third-order valence-corrected chi connectivity index (χ3v) is 5.10. The molecule has 1 aromatic carbocycles. The molecule has 1 unspecified atom stereocenters. The van der Waals surface area contributed by atoms with E-state index in [0.717, 1.165) is 5.76 Å². The van der Waals surface area contributed by atoms with Crippen LogP contribution >= 0.6 is 11.3 Å². The quantitative estimate of drug-likeness (QED) is 0.310. The lowest BCUT2D eigenvalue weighted by Gasteiger charge is -2.19. The summed E-state index contributed by atoms with van der Waals surface area (Å²) in [5.74, 6) is 0.114. The van der Waals surface area contributed by atoms with Gasteiger partial charge in [-0.05, 0) is 32.9 Å². The number of aryl methyl sites for hydroxylation is 1. The number of benzene rings is 1. The lowest BCUT2D eigenvalue weighted by atomic mass is 10.0. The summed E-state index contributed by atoms with van der Waals surface area (Å²) in [7, 11) is 0. The molecule has 0 saturated heterocycles. The first-order valence-corrected chi connectivity index (χ1v) is 10.4. The Balaban J connectivity index is 1.86. The molecule has 0 bridgehead atoms. The zero-order chi connectivity index (χ0) is 22.5. The molecule has 0 spiro atoms. The highest BCUT2D eigenvalue weighted by atomic mass is 32.1. The summed E-state index contributed by atoms with van der Waals surface area (Å²) in [5.41, 5.74) is 0.128. The first kappa shape index (κ1) is 22.2. The Labute approximate surface area is 182 Å². The highest BCUT2D eigenvalue weighted by molar-refractivity contribution is 7.13.